The summed E-state index contributed by atoms with van der Waals surface area (Å²) in [5, 5.41) is 11.7. The van der Waals surface area contributed by atoms with E-state index in [-0.39, 0.29) is 6.10 Å². The Labute approximate surface area is 108 Å². The smallest absolute Gasteiger partial charge is 0.0931 e. The van der Waals surface area contributed by atoms with E-state index in [0.29, 0.717) is 11.8 Å². The quantitative estimate of drug-likeness (QED) is 0.883. The molecule has 0 saturated heterocycles. The molecule has 1 aliphatic carbocycles. The molecule has 0 aromatic carbocycles. The van der Waals surface area contributed by atoms with Crippen LogP contribution in [0.2, 0.25) is 0 Å². The van der Waals surface area contributed by atoms with Gasteiger partial charge in [-0.25, -0.2) is 4.98 Å². The molecule has 1 aromatic heterocycles. The van der Waals surface area contributed by atoms with Gasteiger partial charge in [0.25, 0.3) is 0 Å². The van der Waals surface area contributed by atoms with Gasteiger partial charge in [0.05, 0.1) is 21.7 Å². The molecule has 1 aromatic rings. The van der Waals surface area contributed by atoms with Gasteiger partial charge < -0.3 is 5.11 Å². The average Bonchev–Trinajstić information content (AvgIpc) is 2.67. The Morgan fingerprint density at radius 2 is 2.06 bits per heavy atom. The minimum absolute atomic E-state index is 0.286. The molecule has 1 heterocycles. The summed E-state index contributed by atoms with van der Waals surface area (Å²) in [6.07, 6.45) is 5.98. The van der Waals surface area contributed by atoms with Crippen LogP contribution in [0.25, 0.3) is 0 Å². The lowest BCUT2D eigenvalue weighted by atomic mass is 9.74. The van der Waals surface area contributed by atoms with Gasteiger partial charge in [-0.1, -0.05) is 32.6 Å². The van der Waals surface area contributed by atoms with Crippen molar-refractivity contribution in [1.82, 2.24) is 4.98 Å². The molecule has 1 aliphatic rings. The van der Waals surface area contributed by atoms with E-state index in [1.54, 1.807) is 11.3 Å². The first kappa shape index (κ1) is 13.0. The summed E-state index contributed by atoms with van der Waals surface area (Å²) < 4.78 is 0. The molecule has 0 spiro atoms. The molecule has 0 bridgehead atoms. The number of aryl methyl sites for hydroxylation is 2. The van der Waals surface area contributed by atoms with Crippen molar-refractivity contribution in [3.05, 3.63) is 15.6 Å². The van der Waals surface area contributed by atoms with Gasteiger partial charge in [0.2, 0.25) is 0 Å². The summed E-state index contributed by atoms with van der Waals surface area (Å²) >= 11 is 1.67. The van der Waals surface area contributed by atoms with Crippen LogP contribution in [0.3, 0.4) is 0 Å². The van der Waals surface area contributed by atoms with Crippen LogP contribution in [-0.2, 0) is 0 Å². The second-order valence-electron chi connectivity index (χ2n) is 5.24. The van der Waals surface area contributed by atoms with E-state index in [2.05, 4.69) is 11.9 Å². The summed E-state index contributed by atoms with van der Waals surface area (Å²) in [5.74, 6) is 1.15. The van der Waals surface area contributed by atoms with Gasteiger partial charge in [-0.05, 0) is 32.1 Å². The zero-order valence-electron chi connectivity index (χ0n) is 11.1. The normalized spacial score (nSPS) is 27.1. The van der Waals surface area contributed by atoms with Crippen LogP contribution in [0.15, 0.2) is 0 Å². The Morgan fingerprint density at radius 1 is 1.35 bits per heavy atom. The molecule has 0 amide bonds. The molecular weight excluding hydrogens is 230 g/mol. The molecule has 96 valence electrons. The Morgan fingerprint density at radius 3 is 2.65 bits per heavy atom. The third-order valence-corrected chi connectivity index (χ3v) is 5.25. The average molecular weight is 253 g/mol. The van der Waals surface area contributed by atoms with Gasteiger partial charge in [-0.3, -0.25) is 0 Å². The Bertz CT molecular complexity index is 374. The summed E-state index contributed by atoms with van der Waals surface area (Å²) in [4.78, 5) is 5.54. The highest BCUT2D eigenvalue weighted by Crippen LogP contribution is 2.42. The first-order valence-corrected chi connectivity index (χ1v) is 7.57. The van der Waals surface area contributed by atoms with Crippen molar-refractivity contribution in [3.63, 3.8) is 0 Å². The van der Waals surface area contributed by atoms with E-state index in [1.807, 2.05) is 13.8 Å². The number of aliphatic hydroxyl groups is 1. The van der Waals surface area contributed by atoms with Crippen LogP contribution >= 0.6 is 11.3 Å². The number of nitrogens with zero attached hydrogens (tertiary/aromatic N) is 1. The van der Waals surface area contributed by atoms with Crippen molar-refractivity contribution < 1.29 is 5.11 Å². The van der Waals surface area contributed by atoms with Crippen LogP contribution in [-0.4, -0.2) is 10.1 Å². The molecule has 17 heavy (non-hydrogen) atoms. The van der Waals surface area contributed by atoms with Gasteiger partial charge in [0.1, 0.15) is 0 Å². The zero-order chi connectivity index (χ0) is 12.4. The van der Waals surface area contributed by atoms with Gasteiger partial charge in [0, 0.05) is 0 Å². The van der Waals surface area contributed by atoms with Crippen molar-refractivity contribution in [1.29, 1.82) is 0 Å². The maximum atomic E-state index is 10.6. The number of rotatable bonds is 3. The third kappa shape index (κ3) is 2.71. The lowest BCUT2D eigenvalue weighted by Crippen LogP contribution is -2.25. The highest BCUT2D eigenvalue weighted by molar-refractivity contribution is 7.11. The maximum absolute atomic E-state index is 10.6. The van der Waals surface area contributed by atoms with Gasteiger partial charge in [-0.15, -0.1) is 11.3 Å². The van der Waals surface area contributed by atoms with Gasteiger partial charge in [-0.2, -0.15) is 0 Å². The standard InChI is InChI=1S/C14H23NOS/c1-4-11-7-5-6-8-12(11)13(16)14-9(2)15-10(3)17-14/h11-13,16H,4-8H2,1-3H3. The van der Waals surface area contributed by atoms with Crippen molar-refractivity contribution >= 4 is 11.3 Å². The summed E-state index contributed by atoms with van der Waals surface area (Å²) in [6, 6.07) is 0. The zero-order valence-corrected chi connectivity index (χ0v) is 11.9. The fourth-order valence-corrected chi connectivity index (χ4v) is 4.16. The van der Waals surface area contributed by atoms with Crippen LogP contribution in [0.1, 0.15) is 60.7 Å². The molecule has 0 radical (unpaired) electrons. The van der Waals surface area contributed by atoms with Crippen LogP contribution in [0.4, 0.5) is 0 Å². The largest absolute Gasteiger partial charge is 0.387 e. The first-order chi connectivity index (χ1) is 8.13. The van der Waals surface area contributed by atoms with Crippen LogP contribution in [0.5, 0.6) is 0 Å². The Balaban J connectivity index is 2.17. The Hall–Kier alpha value is -0.410. The molecule has 1 N–H and O–H groups in total. The number of aromatic nitrogens is 1. The predicted molar refractivity (Wildman–Crippen MR) is 72.3 cm³/mol. The van der Waals surface area contributed by atoms with Crippen molar-refractivity contribution in [2.75, 3.05) is 0 Å². The highest BCUT2D eigenvalue weighted by atomic mass is 32.1. The fourth-order valence-electron chi connectivity index (χ4n) is 3.17. The van der Waals surface area contributed by atoms with Gasteiger partial charge in [0.15, 0.2) is 0 Å². The van der Waals surface area contributed by atoms with E-state index in [0.717, 1.165) is 15.6 Å². The minimum atomic E-state index is -0.286. The predicted octanol–water partition coefficient (Wildman–Crippen LogP) is 4.01. The molecule has 2 rings (SSSR count). The van der Waals surface area contributed by atoms with E-state index in [9.17, 15) is 5.11 Å². The van der Waals surface area contributed by atoms with Crippen molar-refractivity contribution in [3.8, 4) is 0 Å². The number of thiazole rings is 1. The molecule has 0 aliphatic heterocycles. The molecule has 1 fully saturated rings. The molecule has 3 atom stereocenters. The molecule has 1 saturated carbocycles. The Kier molecular flexibility index (Phi) is 4.21. The van der Waals surface area contributed by atoms with Crippen LogP contribution < -0.4 is 0 Å². The molecule has 2 nitrogen and oxygen atoms in total. The second kappa shape index (κ2) is 5.49. The molecule has 3 unspecified atom stereocenters. The molecular formula is C14H23NOS. The maximum Gasteiger partial charge on any atom is 0.0931 e. The number of aliphatic hydroxyl groups excluding tert-OH is 1. The van der Waals surface area contributed by atoms with E-state index in [1.165, 1.54) is 32.1 Å². The fraction of sp³-hybridized carbons (Fsp3) is 0.786. The first-order valence-electron chi connectivity index (χ1n) is 6.75. The van der Waals surface area contributed by atoms with Crippen molar-refractivity contribution in [2.24, 2.45) is 11.8 Å². The number of hydrogen-bond donors (Lipinski definition) is 1. The van der Waals surface area contributed by atoms with Gasteiger partial charge >= 0.3 is 0 Å². The van der Waals surface area contributed by atoms with Crippen molar-refractivity contribution in [2.45, 2.75) is 59.0 Å². The minimum Gasteiger partial charge on any atom is -0.387 e. The van der Waals surface area contributed by atoms with Crippen LogP contribution in [0, 0.1) is 25.7 Å². The summed E-state index contributed by atoms with van der Waals surface area (Å²) in [5.41, 5.74) is 1.03. The monoisotopic (exact) mass is 253 g/mol. The third-order valence-electron chi connectivity index (χ3n) is 4.11. The van der Waals surface area contributed by atoms with E-state index in [4.69, 9.17) is 0 Å². The second-order valence-corrected chi connectivity index (χ2v) is 6.48. The summed E-state index contributed by atoms with van der Waals surface area (Å²) in [7, 11) is 0. The van der Waals surface area contributed by atoms with E-state index < -0.39 is 0 Å². The lowest BCUT2D eigenvalue weighted by molar-refractivity contribution is 0.0472. The highest BCUT2D eigenvalue weighted by Gasteiger charge is 2.32. The topological polar surface area (TPSA) is 33.1 Å². The lowest BCUT2D eigenvalue weighted by Gasteiger charge is -2.34. The molecule has 3 heteroatoms. The number of hydrogen-bond acceptors (Lipinski definition) is 3. The van der Waals surface area contributed by atoms with E-state index >= 15 is 0 Å². The summed E-state index contributed by atoms with van der Waals surface area (Å²) in [6.45, 7) is 6.29. The SMILES string of the molecule is CCC1CCCCC1C(O)c1sc(C)nc1C.